The molecule has 106 valence electrons. The van der Waals surface area contributed by atoms with Crippen LogP contribution in [0.4, 0.5) is 4.39 Å². The highest BCUT2D eigenvalue weighted by atomic mass is 19.1. The molecule has 1 aromatic rings. The summed E-state index contributed by atoms with van der Waals surface area (Å²) >= 11 is 0. The fourth-order valence-electron chi connectivity index (χ4n) is 3.11. The molecule has 1 aromatic carbocycles. The van der Waals surface area contributed by atoms with E-state index in [1.807, 2.05) is 13.0 Å². The largest absolute Gasteiger partial charge is 0.326 e. The number of rotatable bonds is 1. The molecule has 1 fully saturated rings. The molecule has 1 saturated heterocycles. The highest BCUT2D eigenvalue weighted by molar-refractivity contribution is 5.31. The zero-order valence-electron chi connectivity index (χ0n) is 12.4. The van der Waals surface area contributed by atoms with Gasteiger partial charge in [0.1, 0.15) is 5.82 Å². The molecular weight excluding hydrogens is 239 g/mol. The monoisotopic (exact) mass is 264 g/mol. The van der Waals surface area contributed by atoms with Crippen molar-refractivity contribution >= 4 is 0 Å². The number of benzene rings is 1. The first kappa shape index (κ1) is 14.5. The van der Waals surface area contributed by atoms with Crippen molar-refractivity contribution in [2.75, 3.05) is 6.54 Å². The van der Waals surface area contributed by atoms with Gasteiger partial charge in [-0.1, -0.05) is 6.07 Å². The third kappa shape index (κ3) is 2.98. The molecule has 1 heterocycles. The molecule has 2 atom stereocenters. The van der Waals surface area contributed by atoms with E-state index in [9.17, 15) is 4.39 Å². The van der Waals surface area contributed by atoms with E-state index in [1.165, 1.54) is 6.07 Å². The minimum absolute atomic E-state index is 0.0431. The molecule has 2 unspecified atom stereocenters. The summed E-state index contributed by atoms with van der Waals surface area (Å²) < 4.78 is 13.6. The maximum absolute atomic E-state index is 13.6. The Hall–Kier alpha value is -0.930. The lowest BCUT2D eigenvalue weighted by atomic mass is 9.85. The van der Waals surface area contributed by atoms with Crippen molar-refractivity contribution in [3.63, 3.8) is 0 Å². The van der Waals surface area contributed by atoms with Crippen LogP contribution in [0.15, 0.2) is 18.2 Å². The summed E-state index contributed by atoms with van der Waals surface area (Å²) in [6.07, 6.45) is 2.12. The minimum Gasteiger partial charge on any atom is -0.326 e. The van der Waals surface area contributed by atoms with Crippen molar-refractivity contribution in [3.8, 4) is 0 Å². The van der Waals surface area contributed by atoms with Gasteiger partial charge < -0.3 is 5.73 Å². The molecule has 0 aliphatic carbocycles. The highest BCUT2D eigenvalue weighted by Crippen LogP contribution is 2.36. The van der Waals surface area contributed by atoms with Crippen molar-refractivity contribution in [2.45, 2.75) is 58.2 Å². The molecule has 2 N–H and O–H groups in total. The SMILES string of the molecule is Cc1ccc(F)cc1C1C(N)CCCN1C(C)(C)C. The second-order valence-electron chi connectivity index (χ2n) is 6.62. The molecule has 1 aliphatic rings. The molecule has 2 nitrogen and oxygen atoms in total. The molecular formula is C16H25FN2. The second-order valence-corrected chi connectivity index (χ2v) is 6.62. The molecule has 19 heavy (non-hydrogen) atoms. The Kier molecular flexibility index (Phi) is 3.98. The van der Waals surface area contributed by atoms with Crippen LogP contribution in [0.2, 0.25) is 0 Å². The van der Waals surface area contributed by atoms with Crippen molar-refractivity contribution < 1.29 is 4.39 Å². The molecule has 0 saturated carbocycles. The van der Waals surface area contributed by atoms with Crippen molar-refractivity contribution in [1.29, 1.82) is 0 Å². The quantitative estimate of drug-likeness (QED) is 0.842. The summed E-state index contributed by atoms with van der Waals surface area (Å²) in [5.74, 6) is -0.174. The normalized spacial score (nSPS) is 25.6. The van der Waals surface area contributed by atoms with E-state index >= 15 is 0 Å². The van der Waals surface area contributed by atoms with E-state index in [0.29, 0.717) is 0 Å². The summed E-state index contributed by atoms with van der Waals surface area (Å²) in [5, 5.41) is 0. The lowest BCUT2D eigenvalue weighted by Gasteiger charge is -2.48. The Balaban J connectivity index is 2.45. The van der Waals surface area contributed by atoms with Crippen LogP contribution in [0.5, 0.6) is 0 Å². The fourth-order valence-corrected chi connectivity index (χ4v) is 3.11. The number of likely N-dealkylation sites (tertiary alicyclic amines) is 1. The number of piperidine rings is 1. The zero-order chi connectivity index (χ0) is 14.2. The summed E-state index contributed by atoms with van der Waals surface area (Å²) in [7, 11) is 0. The lowest BCUT2D eigenvalue weighted by molar-refractivity contribution is 0.0380. The molecule has 0 amide bonds. The Morgan fingerprint density at radius 2 is 2.00 bits per heavy atom. The van der Waals surface area contributed by atoms with Gasteiger partial charge in [0.2, 0.25) is 0 Å². The first-order valence-corrected chi connectivity index (χ1v) is 7.09. The Morgan fingerprint density at radius 1 is 1.32 bits per heavy atom. The van der Waals surface area contributed by atoms with Gasteiger partial charge in [-0.15, -0.1) is 0 Å². The van der Waals surface area contributed by atoms with Gasteiger partial charge in [-0.3, -0.25) is 4.90 Å². The average molecular weight is 264 g/mol. The Morgan fingerprint density at radius 3 is 2.63 bits per heavy atom. The summed E-state index contributed by atoms with van der Waals surface area (Å²) in [4.78, 5) is 2.42. The number of nitrogens with two attached hydrogens (primary N) is 1. The van der Waals surface area contributed by atoms with Gasteiger partial charge in [-0.2, -0.15) is 0 Å². The van der Waals surface area contributed by atoms with Crippen LogP contribution in [0.1, 0.15) is 50.8 Å². The molecule has 3 heteroatoms. The number of aryl methyl sites for hydroxylation is 1. The van der Waals surface area contributed by atoms with Gasteiger partial charge in [0, 0.05) is 11.6 Å². The van der Waals surface area contributed by atoms with E-state index < -0.39 is 0 Å². The van der Waals surface area contributed by atoms with Gasteiger partial charge in [-0.05, 0) is 70.3 Å². The lowest BCUT2D eigenvalue weighted by Crippen LogP contribution is -2.53. The van der Waals surface area contributed by atoms with Crippen LogP contribution >= 0.6 is 0 Å². The fraction of sp³-hybridized carbons (Fsp3) is 0.625. The van der Waals surface area contributed by atoms with E-state index in [1.54, 1.807) is 6.07 Å². The van der Waals surface area contributed by atoms with Gasteiger partial charge in [0.25, 0.3) is 0 Å². The zero-order valence-corrected chi connectivity index (χ0v) is 12.4. The van der Waals surface area contributed by atoms with E-state index in [4.69, 9.17) is 5.73 Å². The van der Waals surface area contributed by atoms with Crippen LogP contribution < -0.4 is 5.73 Å². The molecule has 0 radical (unpaired) electrons. The van der Waals surface area contributed by atoms with E-state index in [2.05, 4.69) is 25.7 Å². The van der Waals surface area contributed by atoms with E-state index in [-0.39, 0.29) is 23.4 Å². The van der Waals surface area contributed by atoms with Gasteiger partial charge in [-0.25, -0.2) is 4.39 Å². The summed E-state index contributed by atoms with van der Waals surface area (Å²) in [6.45, 7) is 9.67. The molecule has 0 aromatic heterocycles. The Bertz CT molecular complexity index is 451. The van der Waals surface area contributed by atoms with Gasteiger partial charge in [0.05, 0.1) is 6.04 Å². The van der Waals surface area contributed by atoms with Crippen LogP contribution in [-0.4, -0.2) is 23.0 Å². The number of hydrogen-bond acceptors (Lipinski definition) is 2. The van der Waals surface area contributed by atoms with Crippen LogP contribution in [0, 0.1) is 12.7 Å². The number of halogens is 1. The highest BCUT2D eigenvalue weighted by Gasteiger charge is 2.37. The van der Waals surface area contributed by atoms with Crippen molar-refractivity contribution in [3.05, 3.63) is 35.1 Å². The van der Waals surface area contributed by atoms with Crippen LogP contribution in [0.3, 0.4) is 0 Å². The molecule has 1 aliphatic heterocycles. The number of nitrogens with zero attached hydrogens (tertiary/aromatic N) is 1. The predicted octanol–water partition coefficient (Wildman–Crippen LogP) is 3.40. The third-order valence-electron chi connectivity index (χ3n) is 4.10. The topological polar surface area (TPSA) is 29.3 Å². The summed E-state index contributed by atoms with van der Waals surface area (Å²) in [5.41, 5.74) is 8.56. The second kappa shape index (κ2) is 5.22. The average Bonchev–Trinajstić information content (AvgIpc) is 2.31. The number of hydrogen-bond donors (Lipinski definition) is 1. The smallest absolute Gasteiger partial charge is 0.123 e. The molecule has 0 spiro atoms. The Labute approximate surface area is 115 Å². The van der Waals surface area contributed by atoms with Crippen LogP contribution in [0.25, 0.3) is 0 Å². The van der Waals surface area contributed by atoms with E-state index in [0.717, 1.165) is 30.5 Å². The predicted molar refractivity (Wildman–Crippen MR) is 77.5 cm³/mol. The third-order valence-corrected chi connectivity index (χ3v) is 4.10. The van der Waals surface area contributed by atoms with Crippen LogP contribution in [-0.2, 0) is 0 Å². The molecule has 2 rings (SSSR count). The maximum Gasteiger partial charge on any atom is 0.123 e. The maximum atomic E-state index is 13.6. The van der Waals surface area contributed by atoms with Gasteiger partial charge in [0.15, 0.2) is 0 Å². The standard InChI is InChI=1S/C16H25FN2/c1-11-7-8-12(17)10-13(11)15-14(18)6-5-9-19(15)16(2,3)4/h7-8,10,14-15H,5-6,9,18H2,1-4H3. The van der Waals surface area contributed by atoms with Crippen molar-refractivity contribution in [1.82, 2.24) is 4.90 Å². The molecule has 0 bridgehead atoms. The minimum atomic E-state index is -0.174. The summed E-state index contributed by atoms with van der Waals surface area (Å²) in [6, 6.07) is 5.23. The first-order valence-electron chi connectivity index (χ1n) is 7.09. The van der Waals surface area contributed by atoms with Crippen molar-refractivity contribution in [2.24, 2.45) is 5.73 Å². The van der Waals surface area contributed by atoms with Gasteiger partial charge >= 0.3 is 0 Å². The first-order chi connectivity index (χ1) is 8.80.